The van der Waals surface area contributed by atoms with E-state index in [-0.39, 0.29) is 23.5 Å². The van der Waals surface area contributed by atoms with E-state index in [1.165, 1.54) is 0 Å². The van der Waals surface area contributed by atoms with Gasteiger partial charge in [-0.05, 0) is 33.1 Å². The Morgan fingerprint density at radius 3 is 2.68 bits per heavy atom. The van der Waals surface area contributed by atoms with Crippen molar-refractivity contribution in [2.45, 2.75) is 78.4 Å². The lowest BCUT2D eigenvalue weighted by molar-refractivity contribution is -0.149. The molecule has 1 aromatic heterocycles. The summed E-state index contributed by atoms with van der Waals surface area (Å²) in [5.41, 5.74) is 1.59. The maximum Gasteiger partial charge on any atom is 0.225 e. The largest absolute Gasteiger partial charge is 0.376 e. The third kappa shape index (κ3) is 4.90. The molecule has 0 saturated carbocycles. The van der Waals surface area contributed by atoms with E-state index >= 15 is 0 Å². The van der Waals surface area contributed by atoms with Crippen LogP contribution in [-0.2, 0) is 38.8 Å². The predicted molar refractivity (Wildman–Crippen MR) is 104 cm³/mol. The average molecular weight is 395 g/mol. The van der Waals surface area contributed by atoms with Crippen LogP contribution in [0.2, 0.25) is 0 Å². The van der Waals surface area contributed by atoms with Gasteiger partial charge in [-0.25, -0.2) is 4.68 Å². The molecule has 8 heteroatoms. The standard InChI is InChI=1S/C20H34N4O4/c1-5-16(4)19(25)23-8-6-20(7-9-23)14-24-18(13-28-20)17(21-22-24)12-26-10-11-27-15(2)3/h15-16H,5-14H2,1-4H3. The highest BCUT2D eigenvalue weighted by Gasteiger charge is 2.41. The number of rotatable bonds is 8. The molecule has 0 N–H and O–H groups in total. The van der Waals surface area contributed by atoms with Crippen LogP contribution in [-0.4, -0.2) is 63.8 Å². The second-order valence-electron chi connectivity index (χ2n) is 8.22. The first-order valence-corrected chi connectivity index (χ1v) is 10.5. The first kappa shape index (κ1) is 21.2. The third-order valence-corrected chi connectivity index (χ3v) is 5.81. The van der Waals surface area contributed by atoms with Crippen LogP contribution in [0.15, 0.2) is 0 Å². The van der Waals surface area contributed by atoms with Gasteiger partial charge in [0.2, 0.25) is 5.91 Å². The van der Waals surface area contributed by atoms with Crippen molar-refractivity contribution in [3.05, 3.63) is 11.4 Å². The monoisotopic (exact) mass is 394 g/mol. The lowest BCUT2D eigenvalue weighted by Crippen LogP contribution is -2.52. The minimum atomic E-state index is -0.240. The van der Waals surface area contributed by atoms with Gasteiger partial charge in [0, 0.05) is 19.0 Å². The van der Waals surface area contributed by atoms with E-state index in [2.05, 4.69) is 17.2 Å². The summed E-state index contributed by atoms with van der Waals surface area (Å²) in [6, 6.07) is 0. The molecule has 0 bridgehead atoms. The van der Waals surface area contributed by atoms with Crippen LogP contribution in [0.3, 0.4) is 0 Å². The SMILES string of the molecule is CCC(C)C(=O)N1CCC2(CC1)Cn1nnc(COCCOC(C)C)c1CO2. The molecule has 2 aliphatic heterocycles. The number of ether oxygens (including phenoxy) is 3. The Morgan fingerprint density at radius 1 is 1.25 bits per heavy atom. The molecule has 1 atom stereocenters. The van der Waals surface area contributed by atoms with E-state index < -0.39 is 0 Å². The lowest BCUT2D eigenvalue weighted by Gasteiger charge is -2.44. The van der Waals surface area contributed by atoms with Gasteiger partial charge in [-0.15, -0.1) is 5.10 Å². The number of aromatic nitrogens is 3. The molecule has 0 radical (unpaired) electrons. The van der Waals surface area contributed by atoms with Gasteiger partial charge in [-0.2, -0.15) is 0 Å². The summed E-state index contributed by atoms with van der Waals surface area (Å²) >= 11 is 0. The Bertz CT molecular complexity index is 653. The molecule has 8 nitrogen and oxygen atoms in total. The van der Waals surface area contributed by atoms with E-state index in [4.69, 9.17) is 14.2 Å². The minimum absolute atomic E-state index is 0.0942. The van der Waals surface area contributed by atoms with Crippen LogP contribution < -0.4 is 0 Å². The highest BCUT2D eigenvalue weighted by Crippen LogP contribution is 2.34. The summed E-state index contributed by atoms with van der Waals surface area (Å²) in [7, 11) is 0. The molecule has 1 fully saturated rings. The zero-order valence-electron chi connectivity index (χ0n) is 17.6. The Hall–Kier alpha value is -1.51. The van der Waals surface area contributed by atoms with Crippen molar-refractivity contribution in [1.82, 2.24) is 19.9 Å². The maximum atomic E-state index is 12.4. The third-order valence-electron chi connectivity index (χ3n) is 5.81. The van der Waals surface area contributed by atoms with E-state index in [1.807, 2.05) is 30.4 Å². The van der Waals surface area contributed by atoms with Gasteiger partial charge in [-0.1, -0.05) is 19.1 Å². The number of hydrogen-bond acceptors (Lipinski definition) is 6. The molecule has 3 heterocycles. The summed E-state index contributed by atoms with van der Waals surface area (Å²) < 4.78 is 19.4. The average Bonchev–Trinajstić information content (AvgIpc) is 3.08. The Labute approximate surface area is 167 Å². The van der Waals surface area contributed by atoms with Crippen molar-refractivity contribution in [3.63, 3.8) is 0 Å². The number of nitrogens with zero attached hydrogens (tertiary/aromatic N) is 4. The molecule has 1 spiro atoms. The van der Waals surface area contributed by atoms with Gasteiger partial charge in [0.05, 0.1) is 50.4 Å². The summed E-state index contributed by atoms with van der Waals surface area (Å²) in [6.45, 7) is 12.3. The van der Waals surface area contributed by atoms with Crippen LogP contribution in [0.4, 0.5) is 0 Å². The van der Waals surface area contributed by atoms with Crippen molar-refractivity contribution in [3.8, 4) is 0 Å². The highest BCUT2D eigenvalue weighted by atomic mass is 16.5. The van der Waals surface area contributed by atoms with Crippen molar-refractivity contribution >= 4 is 5.91 Å². The highest BCUT2D eigenvalue weighted by molar-refractivity contribution is 5.78. The van der Waals surface area contributed by atoms with Crippen LogP contribution >= 0.6 is 0 Å². The fourth-order valence-electron chi connectivity index (χ4n) is 3.74. The van der Waals surface area contributed by atoms with Crippen molar-refractivity contribution in [1.29, 1.82) is 0 Å². The zero-order valence-corrected chi connectivity index (χ0v) is 17.6. The van der Waals surface area contributed by atoms with Crippen LogP contribution in [0.25, 0.3) is 0 Å². The fourth-order valence-corrected chi connectivity index (χ4v) is 3.74. The summed E-state index contributed by atoms with van der Waals surface area (Å²) in [5, 5.41) is 8.61. The Kier molecular flexibility index (Phi) is 7.06. The number of fused-ring (bicyclic) bond motifs is 1. The molecule has 1 aromatic rings. The second-order valence-corrected chi connectivity index (χ2v) is 8.22. The van der Waals surface area contributed by atoms with Gasteiger partial charge >= 0.3 is 0 Å². The molecule has 1 amide bonds. The predicted octanol–water partition coefficient (Wildman–Crippen LogP) is 2.16. The van der Waals surface area contributed by atoms with Gasteiger partial charge in [0.15, 0.2) is 0 Å². The molecule has 3 rings (SSSR count). The Morgan fingerprint density at radius 2 is 2.00 bits per heavy atom. The van der Waals surface area contributed by atoms with E-state index in [9.17, 15) is 4.79 Å². The quantitative estimate of drug-likeness (QED) is 0.629. The smallest absolute Gasteiger partial charge is 0.225 e. The summed E-state index contributed by atoms with van der Waals surface area (Å²) in [5.74, 6) is 0.354. The van der Waals surface area contributed by atoms with Gasteiger partial charge in [0.1, 0.15) is 5.69 Å². The van der Waals surface area contributed by atoms with Gasteiger partial charge in [0.25, 0.3) is 0 Å². The number of hydrogen-bond donors (Lipinski definition) is 0. The molecule has 0 aliphatic carbocycles. The van der Waals surface area contributed by atoms with Crippen molar-refractivity contribution < 1.29 is 19.0 Å². The normalized spacial score (nSPS) is 19.8. The van der Waals surface area contributed by atoms with Crippen LogP contribution in [0.5, 0.6) is 0 Å². The molecular formula is C20H34N4O4. The molecule has 2 aliphatic rings. The number of amides is 1. The number of piperidine rings is 1. The van der Waals surface area contributed by atoms with Crippen LogP contribution in [0, 0.1) is 5.92 Å². The van der Waals surface area contributed by atoms with Gasteiger partial charge < -0.3 is 19.1 Å². The molecular weight excluding hydrogens is 360 g/mol. The van der Waals surface area contributed by atoms with E-state index in [0.29, 0.717) is 33.0 Å². The lowest BCUT2D eigenvalue weighted by atomic mass is 9.89. The van der Waals surface area contributed by atoms with Gasteiger partial charge in [-0.3, -0.25) is 4.79 Å². The first-order chi connectivity index (χ1) is 13.4. The molecule has 158 valence electrons. The number of likely N-dealkylation sites (tertiary alicyclic amines) is 1. The first-order valence-electron chi connectivity index (χ1n) is 10.5. The fraction of sp³-hybridized carbons (Fsp3) is 0.850. The Balaban J connectivity index is 1.50. The number of carbonyl (C=O) groups is 1. The van der Waals surface area contributed by atoms with Crippen LogP contribution in [0.1, 0.15) is 58.3 Å². The maximum absolute atomic E-state index is 12.4. The summed E-state index contributed by atoms with van der Waals surface area (Å²) in [4.78, 5) is 14.4. The zero-order chi connectivity index (χ0) is 20.1. The molecule has 1 saturated heterocycles. The summed E-state index contributed by atoms with van der Waals surface area (Å²) in [6.07, 6.45) is 2.77. The topological polar surface area (TPSA) is 78.7 Å². The minimum Gasteiger partial charge on any atom is -0.376 e. The van der Waals surface area contributed by atoms with E-state index in [0.717, 1.165) is 43.7 Å². The molecule has 0 aromatic carbocycles. The van der Waals surface area contributed by atoms with Crippen molar-refractivity contribution in [2.24, 2.45) is 5.92 Å². The second kappa shape index (κ2) is 9.33. The molecule has 28 heavy (non-hydrogen) atoms. The van der Waals surface area contributed by atoms with Crippen molar-refractivity contribution in [2.75, 3.05) is 26.3 Å². The molecule has 1 unspecified atom stereocenters. The number of carbonyl (C=O) groups excluding carboxylic acids is 1. The van der Waals surface area contributed by atoms with E-state index in [1.54, 1.807) is 0 Å².